The summed E-state index contributed by atoms with van der Waals surface area (Å²) in [4.78, 5) is 25.2. The lowest BCUT2D eigenvalue weighted by atomic mass is 10.1. The number of ether oxygens (including phenoxy) is 5. The van der Waals surface area contributed by atoms with Gasteiger partial charge in [-0.15, -0.1) is 0 Å². The van der Waals surface area contributed by atoms with E-state index >= 15 is 0 Å². The second-order valence-electron chi connectivity index (χ2n) is 7.33. The molecule has 0 atom stereocenters. The molecule has 4 aromatic rings. The summed E-state index contributed by atoms with van der Waals surface area (Å²) in [6, 6.07) is 15.0. The number of hydrogen-bond donors (Lipinski definition) is 0. The maximum absolute atomic E-state index is 12.8. The van der Waals surface area contributed by atoms with Gasteiger partial charge >= 0.3 is 5.97 Å². The summed E-state index contributed by atoms with van der Waals surface area (Å²) < 4.78 is 33.3. The van der Waals surface area contributed by atoms with Gasteiger partial charge in [0.25, 0.3) is 0 Å². The molecular formula is C27H21BrO8. The molecule has 0 aliphatic heterocycles. The largest absolute Gasteiger partial charge is 0.493 e. The maximum atomic E-state index is 12.8. The number of methoxy groups -OCH3 is 3. The summed E-state index contributed by atoms with van der Waals surface area (Å²) in [5.41, 5.74) is 0.536. The summed E-state index contributed by atoms with van der Waals surface area (Å²) in [5, 5.41) is 0.285. The Morgan fingerprint density at radius 1 is 0.889 bits per heavy atom. The van der Waals surface area contributed by atoms with Crippen LogP contribution in [0.4, 0.5) is 0 Å². The predicted octanol–water partition coefficient (Wildman–Crippen LogP) is 5.99. The highest BCUT2D eigenvalue weighted by atomic mass is 79.9. The number of halogens is 1. The molecule has 0 saturated carbocycles. The number of rotatable bonds is 8. The van der Waals surface area contributed by atoms with Gasteiger partial charge in [0.2, 0.25) is 16.9 Å². The van der Waals surface area contributed by atoms with E-state index in [1.807, 2.05) is 6.07 Å². The number of fused-ring (bicyclic) bond motifs is 1. The van der Waals surface area contributed by atoms with Gasteiger partial charge in [-0.2, -0.15) is 0 Å². The molecule has 8 nitrogen and oxygen atoms in total. The van der Waals surface area contributed by atoms with Crippen molar-refractivity contribution in [1.29, 1.82) is 0 Å². The van der Waals surface area contributed by atoms with Crippen molar-refractivity contribution in [1.82, 2.24) is 0 Å². The van der Waals surface area contributed by atoms with Gasteiger partial charge in [-0.05, 0) is 64.0 Å². The van der Waals surface area contributed by atoms with Crippen LogP contribution in [0.5, 0.6) is 34.5 Å². The number of carbonyl (C=O) groups excluding carboxylic acids is 1. The fourth-order valence-electron chi connectivity index (χ4n) is 3.38. The summed E-state index contributed by atoms with van der Waals surface area (Å²) in [6.45, 7) is 0. The lowest BCUT2D eigenvalue weighted by Crippen LogP contribution is -2.06. The van der Waals surface area contributed by atoms with Crippen LogP contribution in [-0.4, -0.2) is 27.3 Å². The maximum Gasteiger partial charge on any atom is 0.336 e. The molecule has 0 aliphatic rings. The second-order valence-corrected chi connectivity index (χ2v) is 8.19. The van der Waals surface area contributed by atoms with E-state index in [2.05, 4.69) is 15.9 Å². The molecule has 184 valence electrons. The first-order chi connectivity index (χ1) is 17.4. The van der Waals surface area contributed by atoms with E-state index in [0.717, 1.165) is 0 Å². The third-order valence-electron chi connectivity index (χ3n) is 5.09. The fourth-order valence-corrected chi connectivity index (χ4v) is 3.75. The van der Waals surface area contributed by atoms with Crippen molar-refractivity contribution >= 4 is 38.9 Å². The molecule has 0 saturated heterocycles. The zero-order valence-corrected chi connectivity index (χ0v) is 21.2. The molecule has 3 aromatic carbocycles. The summed E-state index contributed by atoms with van der Waals surface area (Å²) in [5.74, 6) is 1.46. The number of para-hydroxylation sites is 1. The molecule has 36 heavy (non-hydrogen) atoms. The van der Waals surface area contributed by atoms with Crippen LogP contribution in [-0.2, 0) is 4.79 Å². The Morgan fingerprint density at radius 3 is 2.28 bits per heavy atom. The lowest BCUT2D eigenvalue weighted by Gasteiger charge is -2.12. The predicted molar refractivity (Wildman–Crippen MR) is 137 cm³/mol. The Hall–Kier alpha value is -4.24. The molecule has 0 radical (unpaired) electrons. The van der Waals surface area contributed by atoms with E-state index < -0.39 is 5.97 Å². The molecule has 0 spiro atoms. The highest BCUT2D eigenvalue weighted by molar-refractivity contribution is 9.10. The Kier molecular flexibility index (Phi) is 7.60. The van der Waals surface area contributed by atoms with Crippen LogP contribution in [0.25, 0.3) is 17.0 Å². The Balaban J connectivity index is 1.51. The van der Waals surface area contributed by atoms with Gasteiger partial charge in [0, 0.05) is 12.1 Å². The molecule has 0 N–H and O–H groups in total. The van der Waals surface area contributed by atoms with Gasteiger partial charge in [0.15, 0.2) is 11.5 Å². The van der Waals surface area contributed by atoms with Crippen molar-refractivity contribution in [3.8, 4) is 34.5 Å². The van der Waals surface area contributed by atoms with Crippen molar-refractivity contribution in [3.05, 3.63) is 87.2 Å². The highest BCUT2D eigenvalue weighted by Crippen LogP contribution is 2.38. The van der Waals surface area contributed by atoms with E-state index in [1.165, 1.54) is 51.9 Å². The first-order valence-corrected chi connectivity index (χ1v) is 11.4. The van der Waals surface area contributed by atoms with Crippen molar-refractivity contribution in [2.75, 3.05) is 21.3 Å². The Labute approximate surface area is 214 Å². The number of esters is 1. The van der Waals surface area contributed by atoms with Crippen molar-refractivity contribution < 1.29 is 32.9 Å². The third-order valence-corrected chi connectivity index (χ3v) is 5.74. The normalized spacial score (nSPS) is 10.9. The number of benzene rings is 3. The molecule has 0 amide bonds. The first-order valence-electron chi connectivity index (χ1n) is 10.6. The average Bonchev–Trinajstić information content (AvgIpc) is 2.89. The quantitative estimate of drug-likeness (QED) is 0.149. The van der Waals surface area contributed by atoms with E-state index in [9.17, 15) is 9.59 Å². The van der Waals surface area contributed by atoms with Crippen LogP contribution in [0.3, 0.4) is 0 Å². The van der Waals surface area contributed by atoms with E-state index in [1.54, 1.807) is 36.4 Å². The summed E-state index contributed by atoms with van der Waals surface area (Å²) >= 11 is 3.38. The van der Waals surface area contributed by atoms with Gasteiger partial charge < -0.3 is 28.1 Å². The van der Waals surface area contributed by atoms with Crippen molar-refractivity contribution in [2.45, 2.75) is 0 Å². The van der Waals surface area contributed by atoms with Gasteiger partial charge in [0.05, 0.1) is 31.2 Å². The van der Waals surface area contributed by atoms with Crippen LogP contribution in [0, 0.1) is 0 Å². The van der Waals surface area contributed by atoms with E-state index in [-0.39, 0.29) is 27.9 Å². The summed E-state index contributed by atoms with van der Waals surface area (Å²) in [7, 11) is 4.52. The smallest absolute Gasteiger partial charge is 0.336 e. The van der Waals surface area contributed by atoms with E-state index in [0.29, 0.717) is 33.0 Å². The van der Waals surface area contributed by atoms with Crippen molar-refractivity contribution in [2.24, 2.45) is 0 Å². The average molecular weight is 553 g/mol. The minimum absolute atomic E-state index is 0.0347. The molecule has 9 heteroatoms. The van der Waals surface area contributed by atoms with Gasteiger partial charge in [-0.25, -0.2) is 4.79 Å². The minimum atomic E-state index is -0.626. The number of hydrogen-bond acceptors (Lipinski definition) is 8. The molecule has 1 heterocycles. The Bertz CT molecular complexity index is 1480. The molecule has 4 rings (SSSR count). The Morgan fingerprint density at radius 2 is 1.61 bits per heavy atom. The fraction of sp³-hybridized carbons (Fsp3) is 0.111. The van der Waals surface area contributed by atoms with Crippen molar-refractivity contribution in [3.63, 3.8) is 0 Å². The molecule has 0 unspecified atom stereocenters. The van der Waals surface area contributed by atoms with E-state index in [4.69, 9.17) is 28.1 Å². The van der Waals surface area contributed by atoms with Crippen LogP contribution in [0.1, 0.15) is 5.56 Å². The molecular weight excluding hydrogens is 532 g/mol. The van der Waals surface area contributed by atoms with Crippen LogP contribution in [0.15, 0.2) is 80.6 Å². The number of carbonyl (C=O) groups is 1. The zero-order valence-electron chi connectivity index (χ0n) is 19.6. The third kappa shape index (κ3) is 5.36. The molecule has 0 aliphatic carbocycles. The zero-order chi connectivity index (χ0) is 25.7. The lowest BCUT2D eigenvalue weighted by molar-refractivity contribution is -0.128. The van der Waals surface area contributed by atoms with Gasteiger partial charge in [-0.3, -0.25) is 4.79 Å². The summed E-state index contributed by atoms with van der Waals surface area (Å²) in [6.07, 6.45) is 4.04. The second kappa shape index (κ2) is 11.0. The van der Waals surface area contributed by atoms with Gasteiger partial charge in [-0.1, -0.05) is 12.1 Å². The highest BCUT2D eigenvalue weighted by Gasteiger charge is 2.14. The first kappa shape index (κ1) is 24.9. The topological polar surface area (TPSA) is 93.4 Å². The van der Waals surface area contributed by atoms with Crippen LogP contribution < -0.4 is 29.1 Å². The molecule has 0 bridgehead atoms. The van der Waals surface area contributed by atoms with Gasteiger partial charge in [0.1, 0.15) is 23.3 Å². The SMILES string of the molecule is COc1cc(/C=C/C(=O)Oc2ccc3c(=O)c(Oc4ccccc4Br)coc3c2)cc(OC)c1OC. The molecule has 1 aromatic heterocycles. The monoisotopic (exact) mass is 552 g/mol. The minimum Gasteiger partial charge on any atom is -0.493 e. The standard InChI is InChI=1S/C27H21BrO8/c1-31-22-12-16(13-23(32-2)27(22)33-3)8-11-25(29)35-17-9-10-18-21(14-17)34-15-24(26(18)30)36-20-7-5-4-6-19(20)28/h4-15H,1-3H3/b11-8+. The molecule has 0 fully saturated rings. The van der Waals surface area contributed by atoms with Crippen LogP contribution >= 0.6 is 15.9 Å². The van der Waals surface area contributed by atoms with Crippen LogP contribution in [0.2, 0.25) is 0 Å².